The molecule has 6 heteroatoms. The number of halogens is 3. The van der Waals surface area contributed by atoms with Crippen LogP contribution in [0.25, 0.3) is 0 Å². The summed E-state index contributed by atoms with van der Waals surface area (Å²) in [5.41, 5.74) is -0.428. The quantitative estimate of drug-likeness (QED) is 0.804. The molecule has 0 amide bonds. The number of phenols is 1. The van der Waals surface area contributed by atoms with Gasteiger partial charge in [0.05, 0.1) is 7.11 Å². The maximum atomic E-state index is 12.2. The number of phenolic OH excluding ortho intramolecular Hbond substituents is 1. The van der Waals surface area contributed by atoms with Crippen LogP contribution in [0.3, 0.4) is 0 Å². The number of hydrogen-bond acceptors (Lipinski definition) is 3. The summed E-state index contributed by atoms with van der Waals surface area (Å²) < 4.78 is 41.2. The molecule has 0 fully saturated rings. The van der Waals surface area contributed by atoms with Crippen LogP contribution in [0.4, 0.5) is 13.2 Å². The number of methoxy groups -OCH3 is 1. The molecule has 0 aliphatic rings. The van der Waals surface area contributed by atoms with Gasteiger partial charge in [-0.1, -0.05) is 0 Å². The van der Waals surface area contributed by atoms with Crippen molar-refractivity contribution in [2.24, 2.45) is 0 Å². The molecule has 15 heavy (non-hydrogen) atoms. The number of aliphatic hydroxyl groups excluding tert-OH is 1. The van der Waals surface area contributed by atoms with Crippen molar-refractivity contribution in [2.45, 2.75) is 12.3 Å². The van der Waals surface area contributed by atoms with E-state index in [1.807, 2.05) is 0 Å². The van der Waals surface area contributed by atoms with Gasteiger partial charge in [0.1, 0.15) is 11.5 Å². The number of hydrogen-bond donors (Lipinski definition) is 2. The van der Waals surface area contributed by atoms with Crippen molar-refractivity contribution in [2.75, 3.05) is 7.11 Å². The van der Waals surface area contributed by atoms with Gasteiger partial charge in [0.25, 0.3) is 0 Å². The monoisotopic (exact) mass is 222 g/mol. The topological polar surface area (TPSA) is 49.7 Å². The third-order valence-corrected chi connectivity index (χ3v) is 1.82. The van der Waals surface area contributed by atoms with Gasteiger partial charge in [-0.15, -0.1) is 0 Å². The van der Waals surface area contributed by atoms with Gasteiger partial charge in [-0.3, -0.25) is 0 Å². The summed E-state index contributed by atoms with van der Waals surface area (Å²) in [6, 6.07) is 3.02. The maximum absolute atomic E-state index is 12.2. The fourth-order valence-corrected chi connectivity index (χ4v) is 1.10. The molecule has 0 bridgehead atoms. The number of benzene rings is 1. The van der Waals surface area contributed by atoms with E-state index in [4.69, 9.17) is 10.2 Å². The lowest BCUT2D eigenvalue weighted by atomic mass is 10.1. The minimum atomic E-state index is -4.76. The fourth-order valence-electron chi connectivity index (χ4n) is 1.10. The summed E-state index contributed by atoms with van der Waals surface area (Å²) in [4.78, 5) is 0. The Morgan fingerprint density at radius 3 is 2.40 bits per heavy atom. The Morgan fingerprint density at radius 1 is 1.33 bits per heavy atom. The van der Waals surface area contributed by atoms with Gasteiger partial charge < -0.3 is 14.9 Å². The van der Waals surface area contributed by atoms with Gasteiger partial charge in [-0.2, -0.15) is 13.2 Å². The van der Waals surface area contributed by atoms with Crippen molar-refractivity contribution in [1.29, 1.82) is 0 Å². The Balaban J connectivity index is 3.14. The second-order valence-electron chi connectivity index (χ2n) is 2.87. The average molecular weight is 222 g/mol. The first-order valence-electron chi connectivity index (χ1n) is 3.98. The van der Waals surface area contributed by atoms with E-state index in [1.54, 1.807) is 0 Å². The molecular weight excluding hydrogens is 213 g/mol. The lowest BCUT2D eigenvalue weighted by molar-refractivity contribution is -0.207. The molecular formula is C9H9F3O3. The van der Waals surface area contributed by atoms with Gasteiger partial charge in [-0.25, -0.2) is 0 Å². The van der Waals surface area contributed by atoms with E-state index in [1.165, 1.54) is 0 Å². The second-order valence-corrected chi connectivity index (χ2v) is 2.87. The Bertz CT molecular complexity index is 349. The molecule has 0 radical (unpaired) electrons. The summed E-state index contributed by atoms with van der Waals surface area (Å²) in [6.07, 6.45) is -7.38. The van der Waals surface area contributed by atoms with Crippen LogP contribution in [0.2, 0.25) is 0 Å². The summed E-state index contributed by atoms with van der Waals surface area (Å²) in [6.45, 7) is 0. The largest absolute Gasteiger partial charge is 0.508 e. The van der Waals surface area contributed by atoms with Crippen LogP contribution in [-0.4, -0.2) is 23.5 Å². The predicted molar refractivity (Wildman–Crippen MR) is 45.7 cm³/mol. The van der Waals surface area contributed by atoms with Crippen molar-refractivity contribution in [3.8, 4) is 11.5 Å². The van der Waals surface area contributed by atoms with Crippen LogP contribution < -0.4 is 4.74 Å². The van der Waals surface area contributed by atoms with E-state index in [2.05, 4.69) is 4.74 Å². The molecule has 0 heterocycles. The van der Waals surface area contributed by atoms with Crippen molar-refractivity contribution < 1.29 is 28.1 Å². The molecule has 1 aromatic carbocycles. The molecule has 0 saturated carbocycles. The zero-order chi connectivity index (χ0) is 11.6. The van der Waals surface area contributed by atoms with E-state index in [9.17, 15) is 13.2 Å². The number of alkyl halides is 3. The molecule has 0 spiro atoms. The van der Waals surface area contributed by atoms with Crippen LogP contribution >= 0.6 is 0 Å². The Labute approximate surface area is 83.7 Å². The number of ether oxygens (including phenoxy) is 1. The van der Waals surface area contributed by atoms with E-state index >= 15 is 0 Å². The van der Waals surface area contributed by atoms with Gasteiger partial charge >= 0.3 is 6.18 Å². The van der Waals surface area contributed by atoms with Crippen LogP contribution in [0.1, 0.15) is 11.7 Å². The van der Waals surface area contributed by atoms with Gasteiger partial charge in [-0.05, 0) is 12.1 Å². The smallest absolute Gasteiger partial charge is 0.418 e. The molecule has 0 aromatic heterocycles. The molecule has 0 unspecified atom stereocenters. The Morgan fingerprint density at radius 2 is 1.93 bits per heavy atom. The highest BCUT2D eigenvalue weighted by Crippen LogP contribution is 2.38. The van der Waals surface area contributed by atoms with Gasteiger partial charge in [0.15, 0.2) is 6.10 Å². The molecule has 0 aliphatic carbocycles. The van der Waals surface area contributed by atoms with E-state index in [-0.39, 0.29) is 11.5 Å². The minimum absolute atomic E-state index is 0.208. The van der Waals surface area contributed by atoms with Crippen molar-refractivity contribution in [3.63, 3.8) is 0 Å². The summed E-state index contributed by atoms with van der Waals surface area (Å²) in [5, 5.41) is 18.0. The Kier molecular flexibility index (Phi) is 3.09. The molecule has 3 nitrogen and oxygen atoms in total. The first-order chi connectivity index (χ1) is 6.86. The second kappa shape index (κ2) is 3.98. The van der Waals surface area contributed by atoms with Gasteiger partial charge in [0, 0.05) is 11.6 Å². The van der Waals surface area contributed by atoms with Crippen LogP contribution in [0.15, 0.2) is 18.2 Å². The van der Waals surface area contributed by atoms with Crippen LogP contribution in [-0.2, 0) is 0 Å². The zero-order valence-corrected chi connectivity index (χ0v) is 7.75. The highest BCUT2D eigenvalue weighted by Gasteiger charge is 2.40. The summed E-state index contributed by atoms with van der Waals surface area (Å²) in [5.74, 6) is -0.440. The summed E-state index contributed by atoms with van der Waals surface area (Å²) >= 11 is 0. The van der Waals surface area contributed by atoms with Crippen LogP contribution in [0, 0.1) is 0 Å². The van der Waals surface area contributed by atoms with E-state index in [0.29, 0.717) is 0 Å². The van der Waals surface area contributed by atoms with Crippen molar-refractivity contribution >= 4 is 0 Å². The third-order valence-electron chi connectivity index (χ3n) is 1.82. The molecule has 1 rings (SSSR count). The third kappa shape index (κ3) is 2.53. The molecule has 84 valence electrons. The standard InChI is InChI=1S/C9H9F3O3/c1-15-7-4-5(13)2-3-6(7)8(14)9(10,11)12/h2-4,8,13-14H,1H3/t8-/m1/s1. The van der Waals surface area contributed by atoms with Crippen molar-refractivity contribution in [1.82, 2.24) is 0 Å². The molecule has 0 aliphatic heterocycles. The zero-order valence-electron chi connectivity index (χ0n) is 7.75. The maximum Gasteiger partial charge on any atom is 0.418 e. The first-order valence-corrected chi connectivity index (χ1v) is 3.98. The molecule has 1 atom stereocenters. The SMILES string of the molecule is COc1cc(O)ccc1[C@@H](O)C(F)(F)F. The normalized spacial score (nSPS) is 13.7. The fraction of sp³-hybridized carbons (Fsp3) is 0.333. The minimum Gasteiger partial charge on any atom is -0.508 e. The Hall–Kier alpha value is -1.43. The lowest BCUT2D eigenvalue weighted by Crippen LogP contribution is -2.20. The predicted octanol–water partition coefficient (Wildman–Crippen LogP) is 2.00. The summed E-state index contributed by atoms with van der Waals surface area (Å²) in [7, 11) is 1.15. The van der Waals surface area contributed by atoms with E-state index in [0.717, 1.165) is 25.3 Å². The molecule has 0 saturated heterocycles. The van der Waals surface area contributed by atoms with Gasteiger partial charge in [0.2, 0.25) is 0 Å². The highest BCUT2D eigenvalue weighted by molar-refractivity contribution is 5.41. The van der Waals surface area contributed by atoms with Crippen LogP contribution in [0.5, 0.6) is 11.5 Å². The van der Waals surface area contributed by atoms with E-state index < -0.39 is 17.8 Å². The first kappa shape index (κ1) is 11.6. The highest BCUT2D eigenvalue weighted by atomic mass is 19.4. The lowest BCUT2D eigenvalue weighted by Gasteiger charge is -2.17. The number of aromatic hydroxyl groups is 1. The number of aliphatic hydroxyl groups is 1. The average Bonchev–Trinajstić information content (AvgIpc) is 2.15. The molecule has 1 aromatic rings. The molecule has 2 N–H and O–H groups in total. The van der Waals surface area contributed by atoms with Crippen molar-refractivity contribution in [3.05, 3.63) is 23.8 Å². The number of rotatable bonds is 2.